The summed E-state index contributed by atoms with van der Waals surface area (Å²) in [5.74, 6) is -2.56. The van der Waals surface area contributed by atoms with E-state index in [1.165, 1.54) is 0 Å². The smallest absolute Gasteiger partial charge is 0.309 e. The van der Waals surface area contributed by atoms with Gasteiger partial charge in [0.1, 0.15) is 5.60 Å². The summed E-state index contributed by atoms with van der Waals surface area (Å²) in [6, 6.07) is 7.06. The minimum absolute atomic E-state index is 0.0583. The summed E-state index contributed by atoms with van der Waals surface area (Å²) in [6.45, 7) is 5.40. The molecule has 1 N–H and O–H groups in total. The predicted octanol–water partition coefficient (Wildman–Crippen LogP) is 3.29. The summed E-state index contributed by atoms with van der Waals surface area (Å²) in [5.41, 5.74) is 0.246. The molecule has 0 aliphatic carbocycles. The fourth-order valence-electron chi connectivity index (χ4n) is 1.70. The Balaban J connectivity index is 2.46. The van der Waals surface area contributed by atoms with Crippen LogP contribution >= 0.6 is 11.6 Å². The molecule has 0 saturated carbocycles. The molecular weight excluding hydrogens is 308 g/mol. The number of ether oxygens (including phenoxy) is 2. The Morgan fingerprint density at radius 2 is 1.82 bits per heavy atom. The third-order valence-corrected chi connectivity index (χ3v) is 2.94. The summed E-state index contributed by atoms with van der Waals surface area (Å²) in [5, 5.41) is 9.77. The first-order valence-corrected chi connectivity index (χ1v) is 7.32. The lowest BCUT2D eigenvalue weighted by Crippen LogP contribution is -2.29. The Kier molecular flexibility index (Phi) is 6.84. The van der Waals surface area contributed by atoms with Crippen molar-refractivity contribution in [2.24, 2.45) is 5.92 Å². The van der Waals surface area contributed by atoms with Crippen molar-refractivity contribution in [3.8, 4) is 0 Å². The van der Waals surface area contributed by atoms with Gasteiger partial charge in [-0.3, -0.25) is 9.59 Å². The Bertz CT molecular complexity index is 504. The standard InChI is InChI=1S/C16H21ClO5/c1-16(2,3)22-14(18)8-12(15(19)20)10-21-9-11-4-6-13(17)7-5-11/h4-7,12H,8-10H2,1-3H3,(H,19,20)/t12-/m1/s1. The zero-order valence-corrected chi connectivity index (χ0v) is 13.7. The highest BCUT2D eigenvalue weighted by Crippen LogP contribution is 2.14. The Morgan fingerprint density at radius 3 is 2.32 bits per heavy atom. The lowest BCUT2D eigenvalue weighted by Gasteiger charge is -2.21. The van der Waals surface area contributed by atoms with Crippen molar-refractivity contribution in [3.63, 3.8) is 0 Å². The molecule has 0 heterocycles. The number of aliphatic carboxylic acids is 1. The first-order chi connectivity index (χ1) is 10.2. The molecular formula is C16H21ClO5. The molecule has 0 aromatic heterocycles. The molecule has 0 bridgehead atoms. The Morgan fingerprint density at radius 1 is 1.23 bits per heavy atom. The van der Waals surface area contributed by atoms with Crippen molar-refractivity contribution in [2.75, 3.05) is 6.61 Å². The normalized spacial score (nSPS) is 12.7. The quantitative estimate of drug-likeness (QED) is 0.777. The molecule has 0 radical (unpaired) electrons. The van der Waals surface area contributed by atoms with E-state index in [1.807, 2.05) is 0 Å². The number of esters is 1. The van der Waals surface area contributed by atoms with Gasteiger partial charge in [-0.25, -0.2) is 0 Å². The van der Waals surface area contributed by atoms with Crippen LogP contribution in [0.25, 0.3) is 0 Å². The van der Waals surface area contributed by atoms with Crippen LogP contribution < -0.4 is 0 Å². The highest BCUT2D eigenvalue weighted by atomic mass is 35.5. The number of halogens is 1. The summed E-state index contributed by atoms with van der Waals surface area (Å²) >= 11 is 5.78. The molecule has 22 heavy (non-hydrogen) atoms. The van der Waals surface area contributed by atoms with Gasteiger partial charge in [-0.2, -0.15) is 0 Å². The number of carboxylic acids is 1. The molecule has 0 spiro atoms. The van der Waals surface area contributed by atoms with Crippen LogP contribution in [0.4, 0.5) is 0 Å². The van der Waals surface area contributed by atoms with E-state index in [2.05, 4.69) is 0 Å². The number of carboxylic acid groups (broad SMARTS) is 1. The molecule has 1 aromatic rings. The van der Waals surface area contributed by atoms with Crippen LogP contribution in [0.5, 0.6) is 0 Å². The van der Waals surface area contributed by atoms with Gasteiger partial charge in [0, 0.05) is 5.02 Å². The van der Waals surface area contributed by atoms with Crippen molar-refractivity contribution in [1.29, 1.82) is 0 Å². The van der Waals surface area contributed by atoms with Crippen molar-refractivity contribution < 1.29 is 24.2 Å². The predicted molar refractivity (Wildman–Crippen MR) is 82.7 cm³/mol. The number of hydrogen-bond donors (Lipinski definition) is 1. The molecule has 1 aromatic carbocycles. The van der Waals surface area contributed by atoms with Gasteiger partial charge in [0.05, 0.1) is 25.6 Å². The maximum absolute atomic E-state index is 11.7. The van der Waals surface area contributed by atoms with Crippen LogP contribution in [0.3, 0.4) is 0 Å². The van der Waals surface area contributed by atoms with Crippen LogP contribution in [0, 0.1) is 5.92 Å². The Labute approximate surface area is 135 Å². The van der Waals surface area contributed by atoms with E-state index in [0.717, 1.165) is 5.56 Å². The number of benzene rings is 1. The van der Waals surface area contributed by atoms with Crippen molar-refractivity contribution in [1.82, 2.24) is 0 Å². The molecule has 0 saturated heterocycles. The molecule has 5 nitrogen and oxygen atoms in total. The van der Waals surface area contributed by atoms with E-state index < -0.39 is 23.5 Å². The Hall–Kier alpha value is -1.59. The number of rotatable bonds is 7. The second-order valence-corrected chi connectivity index (χ2v) is 6.40. The molecule has 1 atom stereocenters. The zero-order valence-electron chi connectivity index (χ0n) is 13.0. The first kappa shape index (κ1) is 18.5. The molecule has 0 amide bonds. The monoisotopic (exact) mass is 328 g/mol. The van der Waals surface area contributed by atoms with E-state index >= 15 is 0 Å². The molecule has 0 fully saturated rings. The highest BCUT2D eigenvalue weighted by molar-refractivity contribution is 6.30. The number of carbonyl (C=O) groups is 2. The largest absolute Gasteiger partial charge is 0.481 e. The molecule has 6 heteroatoms. The average Bonchev–Trinajstić information content (AvgIpc) is 2.37. The topological polar surface area (TPSA) is 72.8 Å². The average molecular weight is 329 g/mol. The van der Waals surface area contributed by atoms with Gasteiger partial charge < -0.3 is 14.6 Å². The van der Waals surface area contributed by atoms with Crippen LogP contribution in [-0.2, 0) is 25.7 Å². The molecule has 0 aliphatic heterocycles. The number of hydrogen-bond acceptors (Lipinski definition) is 4. The van der Waals surface area contributed by atoms with Gasteiger partial charge in [-0.15, -0.1) is 0 Å². The molecule has 1 rings (SSSR count). The van der Waals surface area contributed by atoms with Gasteiger partial charge in [-0.05, 0) is 38.5 Å². The summed E-state index contributed by atoms with van der Waals surface area (Å²) in [4.78, 5) is 22.9. The van der Waals surface area contributed by atoms with Crippen LogP contribution in [-0.4, -0.2) is 29.3 Å². The second-order valence-electron chi connectivity index (χ2n) is 5.97. The SMILES string of the molecule is CC(C)(C)OC(=O)C[C@H](COCc1ccc(Cl)cc1)C(=O)O. The van der Waals surface area contributed by atoms with Gasteiger partial charge in [-0.1, -0.05) is 23.7 Å². The highest BCUT2D eigenvalue weighted by Gasteiger charge is 2.25. The maximum Gasteiger partial charge on any atom is 0.309 e. The lowest BCUT2D eigenvalue weighted by molar-refractivity contribution is -0.161. The van der Waals surface area contributed by atoms with Crippen molar-refractivity contribution in [3.05, 3.63) is 34.9 Å². The summed E-state index contributed by atoms with van der Waals surface area (Å²) in [7, 11) is 0. The van der Waals surface area contributed by atoms with Gasteiger partial charge in [0.15, 0.2) is 0 Å². The third kappa shape index (κ3) is 7.43. The van der Waals surface area contributed by atoms with Crippen molar-refractivity contribution in [2.45, 2.75) is 39.4 Å². The fourth-order valence-corrected chi connectivity index (χ4v) is 1.83. The second kappa shape index (κ2) is 8.15. The van der Waals surface area contributed by atoms with E-state index in [9.17, 15) is 9.59 Å². The van der Waals surface area contributed by atoms with E-state index in [-0.39, 0.29) is 19.6 Å². The van der Waals surface area contributed by atoms with E-state index in [4.69, 9.17) is 26.2 Å². The van der Waals surface area contributed by atoms with Crippen LogP contribution in [0.1, 0.15) is 32.8 Å². The van der Waals surface area contributed by atoms with Gasteiger partial charge in [0.2, 0.25) is 0 Å². The number of carbonyl (C=O) groups excluding carboxylic acids is 1. The first-order valence-electron chi connectivity index (χ1n) is 6.94. The molecule has 0 unspecified atom stereocenters. The van der Waals surface area contributed by atoms with Gasteiger partial charge >= 0.3 is 11.9 Å². The third-order valence-electron chi connectivity index (χ3n) is 2.68. The summed E-state index contributed by atoms with van der Waals surface area (Å²) in [6.07, 6.45) is -0.215. The zero-order chi connectivity index (χ0) is 16.8. The lowest BCUT2D eigenvalue weighted by atomic mass is 10.1. The van der Waals surface area contributed by atoms with E-state index in [0.29, 0.717) is 5.02 Å². The fraction of sp³-hybridized carbons (Fsp3) is 0.500. The summed E-state index contributed by atoms with van der Waals surface area (Å²) < 4.78 is 10.5. The van der Waals surface area contributed by atoms with E-state index in [1.54, 1.807) is 45.0 Å². The van der Waals surface area contributed by atoms with Gasteiger partial charge in [0.25, 0.3) is 0 Å². The molecule has 122 valence electrons. The maximum atomic E-state index is 11.7. The van der Waals surface area contributed by atoms with Crippen LogP contribution in [0.2, 0.25) is 5.02 Å². The molecule has 0 aliphatic rings. The minimum Gasteiger partial charge on any atom is -0.481 e. The van der Waals surface area contributed by atoms with Crippen LogP contribution in [0.15, 0.2) is 24.3 Å². The van der Waals surface area contributed by atoms with Crippen molar-refractivity contribution >= 4 is 23.5 Å². The minimum atomic E-state index is -1.08.